The van der Waals surface area contributed by atoms with Crippen LogP contribution in [0.3, 0.4) is 0 Å². The van der Waals surface area contributed by atoms with Crippen LogP contribution in [-0.2, 0) is 0 Å². The second kappa shape index (κ2) is 4.52. The molecule has 5 heteroatoms. The molecule has 1 aromatic carbocycles. The van der Waals surface area contributed by atoms with Crippen LogP contribution in [0.5, 0.6) is 17.4 Å². The van der Waals surface area contributed by atoms with Gasteiger partial charge in [0.2, 0.25) is 11.8 Å². The first kappa shape index (κ1) is 10.9. The van der Waals surface area contributed by atoms with Crippen molar-refractivity contribution in [2.45, 2.75) is 0 Å². The lowest BCUT2D eigenvalue weighted by Gasteiger charge is -2.05. The van der Waals surface area contributed by atoms with E-state index >= 15 is 0 Å². The molecule has 0 radical (unpaired) electrons. The Balaban J connectivity index is 2.24. The maximum absolute atomic E-state index is 11.0. The van der Waals surface area contributed by atoms with E-state index in [-0.39, 0.29) is 11.6 Å². The number of benzene rings is 1. The number of pyridine rings is 1. The molecule has 0 saturated heterocycles. The Morgan fingerprint density at radius 2 is 2.12 bits per heavy atom. The van der Waals surface area contributed by atoms with Gasteiger partial charge in [0, 0.05) is 23.9 Å². The fourth-order valence-corrected chi connectivity index (χ4v) is 1.29. The van der Waals surface area contributed by atoms with Gasteiger partial charge in [0.05, 0.1) is 0 Å². The number of nitrogens with two attached hydrogens (primary N) is 1. The number of carbonyl (C=O) groups is 1. The highest BCUT2D eigenvalue weighted by Crippen LogP contribution is 2.23. The monoisotopic (exact) mass is 230 g/mol. The first-order chi connectivity index (χ1) is 8.15. The largest absolute Gasteiger partial charge is 0.508 e. The van der Waals surface area contributed by atoms with Gasteiger partial charge >= 0.3 is 0 Å². The van der Waals surface area contributed by atoms with Gasteiger partial charge in [-0.1, -0.05) is 6.07 Å². The van der Waals surface area contributed by atoms with Gasteiger partial charge in [-0.3, -0.25) is 4.79 Å². The lowest BCUT2D eigenvalue weighted by Crippen LogP contribution is -2.10. The fourth-order valence-electron chi connectivity index (χ4n) is 1.29. The number of ether oxygens (including phenoxy) is 1. The minimum absolute atomic E-state index is 0.0913. The first-order valence-corrected chi connectivity index (χ1v) is 4.88. The van der Waals surface area contributed by atoms with Crippen molar-refractivity contribution in [3.05, 3.63) is 48.2 Å². The minimum atomic E-state index is -0.548. The van der Waals surface area contributed by atoms with Crippen LogP contribution in [0.4, 0.5) is 0 Å². The van der Waals surface area contributed by atoms with Crippen LogP contribution in [-0.4, -0.2) is 16.0 Å². The molecule has 86 valence electrons. The molecule has 0 aliphatic heterocycles. The topological polar surface area (TPSA) is 85.4 Å². The fraction of sp³-hybridized carbons (Fsp3) is 0. The number of rotatable bonds is 3. The van der Waals surface area contributed by atoms with Gasteiger partial charge in [-0.05, 0) is 18.2 Å². The molecule has 3 N–H and O–H groups in total. The summed E-state index contributed by atoms with van der Waals surface area (Å²) in [6.45, 7) is 0. The smallest absolute Gasteiger partial charge is 0.248 e. The van der Waals surface area contributed by atoms with Crippen molar-refractivity contribution in [2.75, 3.05) is 0 Å². The number of carbonyl (C=O) groups excluding carboxylic acids is 1. The molecule has 0 aliphatic carbocycles. The quantitative estimate of drug-likeness (QED) is 0.839. The summed E-state index contributed by atoms with van der Waals surface area (Å²) in [4.78, 5) is 14.9. The van der Waals surface area contributed by atoms with Gasteiger partial charge in [0.15, 0.2) is 0 Å². The summed E-state index contributed by atoms with van der Waals surface area (Å²) >= 11 is 0. The maximum Gasteiger partial charge on any atom is 0.248 e. The van der Waals surface area contributed by atoms with E-state index in [9.17, 15) is 9.90 Å². The third-order valence-corrected chi connectivity index (χ3v) is 2.06. The molecule has 0 saturated carbocycles. The summed E-state index contributed by atoms with van der Waals surface area (Å²) in [6.07, 6.45) is 1.43. The second-order valence-electron chi connectivity index (χ2n) is 3.35. The lowest BCUT2D eigenvalue weighted by molar-refractivity contribution is 0.1000. The first-order valence-electron chi connectivity index (χ1n) is 4.88. The number of phenols is 1. The summed E-state index contributed by atoms with van der Waals surface area (Å²) in [7, 11) is 0. The zero-order valence-corrected chi connectivity index (χ0v) is 8.83. The molecule has 1 amide bonds. The Bertz CT molecular complexity index is 555. The van der Waals surface area contributed by atoms with Gasteiger partial charge in [-0.25, -0.2) is 4.98 Å². The number of hydrogen-bond acceptors (Lipinski definition) is 4. The second-order valence-corrected chi connectivity index (χ2v) is 3.35. The van der Waals surface area contributed by atoms with Crippen molar-refractivity contribution in [1.29, 1.82) is 0 Å². The van der Waals surface area contributed by atoms with E-state index in [4.69, 9.17) is 10.5 Å². The Morgan fingerprint density at radius 3 is 2.82 bits per heavy atom. The SMILES string of the molecule is NC(=O)c1ccnc(Oc2cccc(O)c2)c1. The van der Waals surface area contributed by atoms with E-state index in [1.165, 1.54) is 30.5 Å². The van der Waals surface area contributed by atoms with E-state index < -0.39 is 5.91 Å². The molecule has 0 fully saturated rings. The number of aromatic hydroxyl groups is 1. The predicted octanol–water partition coefficient (Wildman–Crippen LogP) is 1.68. The molecule has 0 atom stereocenters. The Morgan fingerprint density at radius 1 is 1.29 bits per heavy atom. The molecule has 17 heavy (non-hydrogen) atoms. The summed E-state index contributed by atoms with van der Waals surface area (Å²) in [5.74, 6) is 0.215. The molecular weight excluding hydrogens is 220 g/mol. The third-order valence-electron chi connectivity index (χ3n) is 2.06. The number of amides is 1. The Kier molecular flexibility index (Phi) is 2.91. The molecule has 0 aliphatic rings. The van der Waals surface area contributed by atoms with Crippen molar-refractivity contribution < 1.29 is 14.6 Å². The zero-order valence-electron chi connectivity index (χ0n) is 8.83. The average molecular weight is 230 g/mol. The highest BCUT2D eigenvalue weighted by Gasteiger charge is 2.04. The van der Waals surface area contributed by atoms with Crippen LogP contribution in [0, 0.1) is 0 Å². The normalized spacial score (nSPS) is 9.88. The highest BCUT2D eigenvalue weighted by molar-refractivity contribution is 5.92. The number of hydrogen-bond donors (Lipinski definition) is 2. The molecule has 0 spiro atoms. The van der Waals surface area contributed by atoms with E-state index in [1.807, 2.05) is 0 Å². The average Bonchev–Trinajstić information content (AvgIpc) is 2.29. The standard InChI is InChI=1S/C12H10N2O3/c13-12(16)8-4-5-14-11(6-8)17-10-3-1-2-9(15)7-10/h1-7,15H,(H2,13,16). The van der Waals surface area contributed by atoms with E-state index in [2.05, 4.69) is 4.98 Å². The van der Waals surface area contributed by atoms with Gasteiger partial charge < -0.3 is 15.6 Å². The highest BCUT2D eigenvalue weighted by atomic mass is 16.5. The minimum Gasteiger partial charge on any atom is -0.508 e. The van der Waals surface area contributed by atoms with Gasteiger partial charge in [-0.15, -0.1) is 0 Å². The molecular formula is C12H10N2O3. The Labute approximate surface area is 97.5 Å². The van der Waals surface area contributed by atoms with Gasteiger partial charge in [0.25, 0.3) is 0 Å². The van der Waals surface area contributed by atoms with Crippen LogP contribution in [0.25, 0.3) is 0 Å². The summed E-state index contributed by atoms with van der Waals surface area (Å²) in [6, 6.07) is 9.21. The number of aromatic nitrogens is 1. The predicted molar refractivity (Wildman–Crippen MR) is 60.9 cm³/mol. The van der Waals surface area contributed by atoms with E-state index in [1.54, 1.807) is 12.1 Å². The summed E-state index contributed by atoms with van der Waals surface area (Å²) < 4.78 is 5.37. The van der Waals surface area contributed by atoms with Gasteiger partial charge in [0.1, 0.15) is 11.5 Å². The molecule has 0 bridgehead atoms. The van der Waals surface area contributed by atoms with Crippen molar-refractivity contribution in [3.8, 4) is 17.4 Å². The van der Waals surface area contributed by atoms with Crippen LogP contribution in [0.1, 0.15) is 10.4 Å². The maximum atomic E-state index is 11.0. The number of nitrogens with zero attached hydrogens (tertiary/aromatic N) is 1. The molecule has 1 aromatic heterocycles. The van der Waals surface area contributed by atoms with Crippen molar-refractivity contribution in [3.63, 3.8) is 0 Å². The summed E-state index contributed by atoms with van der Waals surface area (Å²) in [5, 5.41) is 9.26. The van der Waals surface area contributed by atoms with Crippen molar-refractivity contribution in [1.82, 2.24) is 4.98 Å². The lowest BCUT2D eigenvalue weighted by atomic mass is 10.2. The summed E-state index contributed by atoms with van der Waals surface area (Å²) in [5.41, 5.74) is 5.45. The molecule has 2 rings (SSSR count). The van der Waals surface area contributed by atoms with E-state index in [0.717, 1.165) is 0 Å². The number of primary amides is 1. The van der Waals surface area contributed by atoms with Crippen LogP contribution in [0.2, 0.25) is 0 Å². The Hall–Kier alpha value is -2.56. The van der Waals surface area contributed by atoms with Crippen LogP contribution < -0.4 is 10.5 Å². The molecule has 5 nitrogen and oxygen atoms in total. The van der Waals surface area contributed by atoms with Crippen LogP contribution in [0.15, 0.2) is 42.6 Å². The third kappa shape index (κ3) is 2.72. The van der Waals surface area contributed by atoms with Crippen molar-refractivity contribution >= 4 is 5.91 Å². The zero-order chi connectivity index (χ0) is 12.3. The van der Waals surface area contributed by atoms with Crippen LogP contribution >= 0.6 is 0 Å². The number of phenolic OH excluding ortho intramolecular Hbond substituents is 1. The molecule has 1 heterocycles. The molecule has 2 aromatic rings. The van der Waals surface area contributed by atoms with Crippen molar-refractivity contribution in [2.24, 2.45) is 5.73 Å². The van der Waals surface area contributed by atoms with E-state index in [0.29, 0.717) is 11.3 Å². The van der Waals surface area contributed by atoms with Gasteiger partial charge in [-0.2, -0.15) is 0 Å². The molecule has 0 unspecified atom stereocenters.